The van der Waals surface area contributed by atoms with E-state index in [9.17, 15) is 19.7 Å². The van der Waals surface area contributed by atoms with Crippen molar-refractivity contribution in [3.05, 3.63) is 91.4 Å². The fraction of sp³-hybridized carbons (Fsp3) is 0.160. The molecule has 0 fully saturated rings. The molecule has 0 aliphatic heterocycles. The number of hydrogen-bond acceptors (Lipinski definition) is 7. The normalized spacial score (nSPS) is 10.7. The zero-order valence-electron chi connectivity index (χ0n) is 19.7. The topological polar surface area (TPSA) is 132 Å². The van der Waals surface area contributed by atoms with Gasteiger partial charge in [0.25, 0.3) is 17.5 Å². The van der Waals surface area contributed by atoms with Gasteiger partial charge in [-0.3, -0.25) is 19.7 Å². The SMILES string of the molecule is COc1cc(/C=N/NC(=O)c2cccc([N+](=O)[O-])c2)cc(Br)c1OCC(=O)Nc1cccc(C)c1C. The smallest absolute Gasteiger partial charge is 0.271 e. The summed E-state index contributed by atoms with van der Waals surface area (Å²) in [4.78, 5) is 35.0. The zero-order valence-corrected chi connectivity index (χ0v) is 21.3. The van der Waals surface area contributed by atoms with Crippen molar-refractivity contribution in [2.24, 2.45) is 5.10 Å². The predicted molar refractivity (Wildman–Crippen MR) is 139 cm³/mol. The van der Waals surface area contributed by atoms with Crippen LogP contribution in [0.3, 0.4) is 0 Å². The fourth-order valence-corrected chi connectivity index (χ4v) is 3.73. The molecule has 186 valence electrons. The molecule has 0 aliphatic rings. The number of halogens is 1. The van der Waals surface area contributed by atoms with Crippen LogP contribution in [0.5, 0.6) is 11.5 Å². The number of rotatable bonds is 9. The van der Waals surface area contributed by atoms with E-state index in [1.165, 1.54) is 31.5 Å². The Bertz CT molecular complexity index is 1340. The maximum absolute atomic E-state index is 12.4. The highest BCUT2D eigenvalue weighted by Gasteiger charge is 2.15. The van der Waals surface area contributed by atoms with Crippen LogP contribution in [0.1, 0.15) is 27.0 Å². The van der Waals surface area contributed by atoms with E-state index in [1.54, 1.807) is 12.1 Å². The summed E-state index contributed by atoms with van der Waals surface area (Å²) in [7, 11) is 1.45. The first-order chi connectivity index (χ1) is 17.2. The summed E-state index contributed by atoms with van der Waals surface area (Å²) in [6.45, 7) is 3.65. The average Bonchev–Trinajstić information content (AvgIpc) is 2.85. The molecule has 0 atom stereocenters. The number of non-ortho nitro benzene ring substituents is 1. The van der Waals surface area contributed by atoms with Gasteiger partial charge < -0.3 is 14.8 Å². The molecule has 3 rings (SSSR count). The molecule has 2 N–H and O–H groups in total. The van der Waals surface area contributed by atoms with E-state index < -0.39 is 10.8 Å². The van der Waals surface area contributed by atoms with Crippen molar-refractivity contribution in [1.82, 2.24) is 5.43 Å². The van der Waals surface area contributed by atoms with Crippen LogP contribution in [0.2, 0.25) is 0 Å². The summed E-state index contributed by atoms with van der Waals surface area (Å²) in [6, 6.07) is 14.3. The van der Waals surface area contributed by atoms with Gasteiger partial charge in [0.2, 0.25) is 0 Å². The lowest BCUT2D eigenvalue weighted by Crippen LogP contribution is -2.21. The Labute approximate surface area is 215 Å². The summed E-state index contributed by atoms with van der Waals surface area (Å²) < 4.78 is 11.6. The quantitative estimate of drug-likeness (QED) is 0.222. The number of nitrogens with zero attached hydrogens (tertiary/aromatic N) is 2. The van der Waals surface area contributed by atoms with E-state index in [0.717, 1.165) is 17.2 Å². The molecule has 11 heteroatoms. The standard InChI is InChI=1S/C25H23BrN4O6/c1-15-6-4-9-21(16(15)2)28-23(31)14-36-24-20(26)10-17(11-22(24)35-3)13-27-29-25(32)18-7-5-8-19(12-18)30(33)34/h4-13H,14H2,1-3H3,(H,28,31)(H,29,32)/b27-13+. The maximum Gasteiger partial charge on any atom is 0.271 e. The van der Waals surface area contributed by atoms with Crippen molar-refractivity contribution < 1.29 is 24.0 Å². The van der Waals surface area contributed by atoms with Crippen molar-refractivity contribution in [3.8, 4) is 11.5 Å². The minimum absolute atomic E-state index is 0.1000. The van der Waals surface area contributed by atoms with Crippen LogP contribution in [-0.4, -0.2) is 36.7 Å². The van der Waals surface area contributed by atoms with Gasteiger partial charge in [0.1, 0.15) is 0 Å². The number of methoxy groups -OCH3 is 1. The lowest BCUT2D eigenvalue weighted by Gasteiger charge is -2.14. The van der Waals surface area contributed by atoms with E-state index in [1.807, 2.05) is 32.0 Å². The van der Waals surface area contributed by atoms with Crippen molar-refractivity contribution in [2.75, 3.05) is 19.0 Å². The third-order valence-corrected chi connectivity index (χ3v) is 5.77. The fourth-order valence-electron chi connectivity index (χ4n) is 3.16. The summed E-state index contributed by atoms with van der Waals surface area (Å²) in [5.41, 5.74) is 5.55. The molecule has 0 heterocycles. The van der Waals surface area contributed by atoms with E-state index in [4.69, 9.17) is 9.47 Å². The van der Waals surface area contributed by atoms with E-state index >= 15 is 0 Å². The first-order valence-corrected chi connectivity index (χ1v) is 11.4. The number of nitro groups is 1. The lowest BCUT2D eigenvalue weighted by molar-refractivity contribution is -0.384. The van der Waals surface area contributed by atoms with Gasteiger partial charge in [-0.25, -0.2) is 5.43 Å². The van der Waals surface area contributed by atoms with E-state index in [2.05, 4.69) is 31.8 Å². The highest BCUT2D eigenvalue weighted by Crippen LogP contribution is 2.36. The molecule has 0 radical (unpaired) electrons. The Kier molecular flexibility index (Phi) is 8.74. The summed E-state index contributed by atoms with van der Waals surface area (Å²) in [5, 5.41) is 17.6. The minimum atomic E-state index is -0.601. The molecule has 0 saturated carbocycles. The molecule has 3 aromatic rings. The maximum atomic E-state index is 12.4. The summed E-state index contributed by atoms with van der Waals surface area (Å²) >= 11 is 3.41. The Balaban J connectivity index is 1.65. The lowest BCUT2D eigenvalue weighted by atomic mass is 10.1. The van der Waals surface area contributed by atoms with Crippen molar-refractivity contribution in [1.29, 1.82) is 0 Å². The average molecular weight is 555 g/mol. The molecule has 3 aromatic carbocycles. The molecule has 0 aromatic heterocycles. The van der Waals surface area contributed by atoms with Crippen molar-refractivity contribution in [2.45, 2.75) is 13.8 Å². The Morgan fingerprint density at radius 2 is 1.89 bits per heavy atom. The largest absolute Gasteiger partial charge is 0.493 e. The number of carbonyl (C=O) groups excluding carboxylic acids is 2. The number of nitrogens with one attached hydrogen (secondary N) is 2. The van der Waals surface area contributed by atoms with Gasteiger partial charge in [0, 0.05) is 23.4 Å². The van der Waals surface area contributed by atoms with Crippen LogP contribution in [0.25, 0.3) is 0 Å². The minimum Gasteiger partial charge on any atom is -0.493 e. The predicted octanol–water partition coefficient (Wildman–Crippen LogP) is 4.76. The number of hydrazone groups is 1. The number of aryl methyl sites for hydroxylation is 1. The van der Waals surface area contributed by atoms with E-state index in [0.29, 0.717) is 27.2 Å². The molecule has 0 bridgehead atoms. The molecule has 0 aliphatic carbocycles. The first-order valence-electron chi connectivity index (χ1n) is 10.6. The van der Waals surface area contributed by atoms with Gasteiger partial charge in [0.05, 0.1) is 22.7 Å². The van der Waals surface area contributed by atoms with Crippen LogP contribution in [0.15, 0.2) is 64.2 Å². The van der Waals surface area contributed by atoms with Crippen LogP contribution >= 0.6 is 15.9 Å². The number of ether oxygens (including phenoxy) is 2. The molecule has 0 unspecified atom stereocenters. The van der Waals surface area contributed by atoms with Crippen LogP contribution in [-0.2, 0) is 4.79 Å². The van der Waals surface area contributed by atoms with Gasteiger partial charge in [-0.15, -0.1) is 0 Å². The summed E-state index contributed by atoms with van der Waals surface area (Å²) in [5.74, 6) is -0.260. The van der Waals surface area contributed by atoms with Crippen molar-refractivity contribution >= 4 is 45.3 Å². The van der Waals surface area contributed by atoms with Crippen LogP contribution in [0, 0.1) is 24.0 Å². The second-order valence-electron chi connectivity index (χ2n) is 7.62. The molecule has 36 heavy (non-hydrogen) atoms. The molecular weight excluding hydrogens is 532 g/mol. The Morgan fingerprint density at radius 3 is 2.61 bits per heavy atom. The van der Waals surface area contributed by atoms with E-state index in [-0.39, 0.29) is 23.8 Å². The zero-order chi connectivity index (χ0) is 26.2. The molecule has 2 amide bonds. The summed E-state index contributed by atoms with van der Waals surface area (Å²) in [6.07, 6.45) is 1.37. The highest BCUT2D eigenvalue weighted by molar-refractivity contribution is 9.10. The second-order valence-corrected chi connectivity index (χ2v) is 8.48. The van der Waals surface area contributed by atoms with Gasteiger partial charge in [-0.2, -0.15) is 5.10 Å². The Hall–Kier alpha value is -4.25. The van der Waals surface area contributed by atoms with Gasteiger partial charge in [-0.1, -0.05) is 18.2 Å². The second kappa shape index (κ2) is 11.9. The van der Waals surface area contributed by atoms with Gasteiger partial charge in [0.15, 0.2) is 18.1 Å². The molecular formula is C25H23BrN4O6. The third kappa shape index (κ3) is 6.66. The Morgan fingerprint density at radius 1 is 1.14 bits per heavy atom. The monoisotopic (exact) mass is 554 g/mol. The number of hydrogen-bond donors (Lipinski definition) is 2. The van der Waals surface area contributed by atoms with Crippen molar-refractivity contribution in [3.63, 3.8) is 0 Å². The molecule has 0 spiro atoms. The number of carbonyl (C=O) groups is 2. The number of benzene rings is 3. The number of amides is 2. The molecule has 0 saturated heterocycles. The number of anilines is 1. The molecule has 10 nitrogen and oxygen atoms in total. The van der Waals surface area contributed by atoms with Gasteiger partial charge in [-0.05, 0) is 70.7 Å². The van der Waals surface area contributed by atoms with Gasteiger partial charge >= 0.3 is 0 Å². The van der Waals surface area contributed by atoms with Crippen LogP contribution in [0.4, 0.5) is 11.4 Å². The van der Waals surface area contributed by atoms with Crippen LogP contribution < -0.4 is 20.2 Å². The highest BCUT2D eigenvalue weighted by atomic mass is 79.9. The first kappa shape index (κ1) is 26.4. The number of nitro benzene ring substituents is 1. The third-order valence-electron chi connectivity index (χ3n) is 5.18.